The molecule has 0 aromatic heterocycles. The number of likely N-dealkylation sites (tertiary alicyclic amines) is 1. The maximum atomic E-state index is 13.2. The van der Waals surface area contributed by atoms with Crippen LogP contribution in [-0.2, 0) is 0 Å². The summed E-state index contributed by atoms with van der Waals surface area (Å²) in [4.78, 5) is 29.1. The maximum Gasteiger partial charge on any atom is 0.321 e. The van der Waals surface area contributed by atoms with Gasteiger partial charge in [0, 0.05) is 36.6 Å². The van der Waals surface area contributed by atoms with E-state index in [0.29, 0.717) is 25.2 Å². The predicted molar refractivity (Wildman–Crippen MR) is 114 cm³/mol. The van der Waals surface area contributed by atoms with Crippen molar-refractivity contribution in [1.82, 2.24) is 9.80 Å². The van der Waals surface area contributed by atoms with E-state index in [4.69, 9.17) is 0 Å². The Hall–Kier alpha value is -2.54. The predicted octanol–water partition coefficient (Wildman–Crippen LogP) is 4.35. The maximum absolute atomic E-state index is 13.2. The SMILES string of the molecule is Cc1ccc(NC(=O)N2CCC3(CC2)SCCN3C(=O)c2ccc(F)cc2)cc1. The van der Waals surface area contributed by atoms with Crippen molar-refractivity contribution in [2.24, 2.45) is 0 Å². The smallest absolute Gasteiger partial charge is 0.321 e. The van der Waals surface area contributed by atoms with E-state index in [0.717, 1.165) is 29.8 Å². The molecule has 2 aliphatic rings. The normalized spacial score (nSPS) is 18.1. The van der Waals surface area contributed by atoms with Crippen LogP contribution in [0.3, 0.4) is 0 Å². The highest BCUT2D eigenvalue weighted by molar-refractivity contribution is 8.00. The van der Waals surface area contributed by atoms with E-state index >= 15 is 0 Å². The fourth-order valence-corrected chi connectivity index (χ4v) is 5.41. The molecule has 2 aliphatic heterocycles. The Kier molecular flexibility index (Phi) is 5.50. The summed E-state index contributed by atoms with van der Waals surface area (Å²) in [7, 11) is 0. The van der Waals surface area contributed by atoms with Gasteiger partial charge in [0.15, 0.2) is 0 Å². The van der Waals surface area contributed by atoms with Crippen molar-refractivity contribution in [2.45, 2.75) is 24.6 Å². The van der Waals surface area contributed by atoms with Gasteiger partial charge in [-0.25, -0.2) is 9.18 Å². The Morgan fingerprint density at radius 2 is 1.66 bits per heavy atom. The third-order valence-electron chi connectivity index (χ3n) is 5.65. The van der Waals surface area contributed by atoms with Gasteiger partial charge in [0.1, 0.15) is 5.82 Å². The number of piperidine rings is 1. The van der Waals surface area contributed by atoms with Gasteiger partial charge in [-0.1, -0.05) is 17.7 Å². The van der Waals surface area contributed by atoms with Crippen molar-refractivity contribution in [3.8, 4) is 0 Å². The summed E-state index contributed by atoms with van der Waals surface area (Å²) in [5.74, 6) is 0.468. The third-order valence-corrected chi connectivity index (χ3v) is 7.20. The Balaban J connectivity index is 1.40. The Morgan fingerprint density at radius 1 is 1.00 bits per heavy atom. The zero-order valence-corrected chi connectivity index (χ0v) is 17.2. The van der Waals surface area contributed by atoms with Gasteiger partial charge in [-0.15, -0.1) is 11.8 Å². The second-order valence-electron chi connectivity index (χ2n) is 7.54. The number of hydrogen-bond donors (Lipinski definition) is 1. The lowest BCUT2D eigenvalue weighted by Crippen LogP contribution is -2.54. The van der Waals surface area contributed by atoms with Crippen LogP contribution < -0.4 is 5.32 Å². The number of urea groups is 1. The topological polar surface area (TPSA) is 52.7 Å². The van der Waals surface area contributed by atoms with Crippen molar-refractivity contribution >= 4 is 29.4 Å². The summed E-state index contributed by atoms with van der Waals surface area (Å²) in [6.45, 7) is 3.88. The minimum absolute atomic E-state index is 0.0624. The molecule has 1 spiro atoms. The number of halogens is 1. The number of carbonyl (C=O) groups excluding carboxylic acids is 2. The standard InChI is InChI=1S/C22H24FN3O2S/c1-16-2-8-19(9-3-16)24-21(28)25-12-10-22(11-13-25)26(14-15-29-22)20(27)17-4-6-18(23)7-5-17/h2-9H,10-15H2,1H3,(H,24,28). The van der Waals surface area contributed by atoms with E-state index < -0.39 is 0 Å². The molecule has 0 saturated carbocycles. The van der Waals surface area contributed by atoms with E-state index in [1.807, 2.05) is 41.0 Å². The summed E-state index contributed by atoms with van der Waals surface area (Å²) >= 11 is 1.79. The Bertz CT molecular complexity index is 893. The van der Waals surface area contributed by atoms with Crippen LogP contribution in [0.4, 0.5) is 14.9 Å². The molecule has 2 aromatic carbocycles. The van der Waals surface area contributed by atoms with Crippen LogP contribution in [0, 0.1) is 12.7 Å². The van der Waals surface area contributed by atoms with Crippen LogP contribution in [0.25, 0.3) is 0 Å². The van der Waals surface area contributed by atoms with Crippen LogP contribution in [0.15, 0.2) is 48.5 Å². The van der Waals surface area contributed by atoms with Gasteiger partial charge in [-0.3, -0.25) is 4.79 Å². The zero-order valence-electron chi connectivity index (χ0n) is 16.4. The Morgan fingerprint density at radius 3 is 2.31 bits per heavy atom. The van der Waals surface area contributed by atoms with Crippen LogP contribution in [0.2, 0.25) is 0 Å². The zero-order chi connectivity index (χ0) is 20.4. The molecule has 0 aliphatic carbocycles. The molecule has 3 amide bonds. The van der Waals surface area contributed by atoms with Gasteiger partial charge in [-0.05, 0) is 56.2 Å². The second kappa shape index (κ2) is 8.06. The van der Waals surface area contributed by atoms with Gasteiger partial charge >= 0.3 is 6.03 Å². The molecular formula is C22H24FN3O2S. The first kappa shape index (κ1) is 19.8. The van der Waals surface area contributed by atoms with Gasteiger partial charge < -0.3 is 15.1 Å². The van der Waals surface area contributed by atoms with E-state index in [-0.39, 0.29) is 22.6 Å². The fourth-order valence-electron chi connectivity index (χ4n) is 3.96. The van der Waals surface area contributed by atoms with E-state index in [1.54, 1.807) is 23.9 Å². The molecule has 0 atom stereocenters. The molecule has 0 bridgehead atoms. The quantitative estimate of drug-likeness (QED) is 0.797. The fraction of sp³-hybridized carbons (Fsp3) is 0.364. The summed E-state index contributed by atoms with van der Waals surface area (Å²) in [6.07, 6.45) is 1.46. The third kappa shape index (κ3) is 4.10. The number of anilines is 1. The summed E-state index contributed by atoms with van der Waals surface area (Å²) in [6, 6.07) is 13.3. The number of nitrogens with one attached hydrogen (secondary N) is 1. The van der Waals surface area contributed by atoms with Crippen molar-refractivity contribution in [3.05, 3.63) is 65.5 Å². The lowest BCUT2D eigenvalue weighted by atomic mass is 10.0. The molecule has 152 valence electrons. The van der Waals surface area contributed by atoms with E-state index in [1.165, 1.54) is 12.1 Å². The molecule has 2 fully saturated rings. The molecule has 1 N–H and O–H groups in total. The highest BCUT2D eigenvalue weighted by atomic mass is 32.2. The van der Waals surface area contributed by atoms with Gasteiger partial charge in [0.25, 0.3) is 5.91 Å². The van der Waals surface area contributed by atoms with Crippen molar-refractivity contribution in [2.75, 3.05) is 30.7 Å². The first-order chi connectivity index (χ1) is 14.0. The lowest BCUT2D eigenvalue weighted by Gasteiger charge is -2.44. The first-order valence-electron chi connectivity index (χ1n) is 9.81. The second-order valence-corrected chi connectivity index (χ2v) is 9.00. The highest BCUT2D eigenvalue weighted by Crippen LogP contribution is 2.44. The molecule has 7 heteroatoms. The number of benzene rings is 2. The van der Waals surface area contributed by atoms with E-state index in [2.05, 4.69) is 5.32 Å². The largest absolute Gasteiger partial charge is 0.324 e. The van der Waals surface area contributed by atoms with Crippen molar-refractivity contribution in [1.29, 1.82) is 0 Å². The summed E-state index contributed by atoms with van der Waals surface area (Å²) < 4.78 is 13.2. The number of nitrogens with zero attached hydrogens (tertiary/aromatic N) is 2. The van der Waals surface area contributed by atoms with Gasteiger partial charge in [0.2, 0.25) is 0 Å². The molecule has 0 radical (unpaired) electrons. The molecule has 4 rings (SSSR count). The lowest BCUT2D eigenvalue weighted by molar-refractivity contribution is 0.0585. The number of rotatable bonds is 2. The summed E-state index contributed by atoms with van der Waals surface area (Å²) in [5.41, 5.74) is 2.43. The first-order valence-corrected chi connectivity index (χ1v) is 10.8. The minimum atomic E-state index is -0.347. The number of aryl methyl sites for hydroxylation is 1. The van der Waals surface area contributed by atoms with E-state index in [9.17, 15) is 14.0 Å². The number of hydrogen-bond acceptors (Lipinski definition) is 3. The molecule has 2 heterocycles. The van der Waals surface area contributed by atoms with Crippen LogP contribution in [0.1, 0.15) is 28.8 Å². The number of thioether (sulfide) groups is 1. The summed E-state index contributed by atoms with van der Waals surface area (Å²) in [5, 5.41) is 2.95. The minimum Gasteiger partial charge on any atom is -0.324 e. The van der Waals surface area contributed by atoms with Crippen LogP contribution >= 0.6 is 11.8 Å². The molecule has 29 heavy (non-hydrogen) atoms. The van der Waals surface area contributed by atoms with Crippen molar-refractivity contribution in [3.63, 3.8) is 0 Å². The molecule has 2 saturated heterocycles. The van der Waals surface area contributed by atoms with Gasteiger partial charge in [-0.2, -0.15) is 0 Å². The molecular weight excluding hydrogens is 389 g/mol. The average molecular weight is 414 g/mol. The van der Waals surface area contributed by atoms with Crippen molar-refractivity contribution < 1.29 is 14.0 Å². The average Bonchev–Trinajstić information content (AvgIpc) is 3.13. The number of amides is 3. The molecule has 0 unspecified atom stereocenters. The van der Waals surface area contributed by atoms with Crippen LogP contribution in [0.5, 0.6) is 0 Å². The highest BCUT2D eigenvalue weighted by Gasteiger charge is 2.47. The monoisotopic (exact) mass is 413 g/mol. The molecule has 2 aromatic rings. The van der Waals surface area contributed by atoms with Gasteiger partial charge in [0.05, 0.1) is 4.87 Å². The number of carbonyl (C=O) groups is 2. The Labute approximate surface area is 174 Å². The molecule has 5 nitrogen and oxygen atoms in total. The van der Waals surface area contributed by atoms with Crippen LogP contribution in [-0.4, -0.2) is 52.0 Å².